The first-order valence-corrected chi connectivity index (χ1v) is 13.6. The van der Waals surface area contributed by atoms with Crippen LogP contribution in [0.4, 0.5) is 5.69 Å². The number of hydrogen-bond donors (Lipinski definition) is 0. The third-order valence-electron chi connectivity index (χ3n) is 7.04. The van der Waals surface area contributed by atoms with Crippen LogP contribution in [0, 0.1) is 0 Å². The summed E-state index contributed by atoms with van der Waals surface area (Å²) in [4.78, 5) is 31.2. The number of benzene rings is 1. The van der Waals surface area contributed by atoms with Crippen LogP contribution >= 0.6 is 0 Å². The van der Waals surface area contributed by atoms with Crippen LogP contribution in [-0.4, -0.2) is 64.7 Å². The number of imidazole rings is 1. The normalized spacial score (nSPS) is 21.0. The Morgan fingerprint density at radius 2 is 1.83 bits per heavy atom. The van der Waals surface area contributed by atoms with Gasteiger partial charge in [0.2, 0.25) is 0 Å². The van der Waals surface area contributed by atoms with E-state index in [2.05, 4.69) is 52.7 Å². The lowest BCUT2D eigenvalue weighted by atomic mass is 10.00. The zero-order chi connectivity index (χ0) is 24.9. The van der Waals surface area contributed by atoms with E-state index in [-0.39, 0.29) is 23.7 Å². The van der Waals surface area contributed by atoms with Gasteiger partial charge in [-0.2, -0.15) is 0 Å². The Hall–Kier alpha value is -3.11. The minimum absolute atomic E-state index is 0.0954. The lowest BCUT2D eigenvalue weighted by Gasteiger charge is -2.47. The SMILES string of the molecule is CC(c1ccc2nccnc2c1)N1C[C@H](C)N(c2cc(=O)n(C)n3cc(CS(C)=O)nc23)C[C@H]1C. The van der Waals surface area contributed by atoms with E-state index < -0.39 is 10.8 Å². The van der Waals surface area contributed by atoms with E-state index in [9.17, 15) is 9.00 Å². The van der Waals surface area contributed by atoms with Gasteiger partial charge >= 0.3 is 0 Å². The van der Waals surface area contributed by atoms with Gasteiger partial charge in [-0.15, -0.1) is 0 Å². The van der Waals surface area contributed by atoms with E-state index in [1.54, 1.807) is 41.0 Å². The monoisotopic (exact) mass is 493 g/mol. The smallest absolute Gasteiger partial charge is 0.267 e. The van der Waals surface area contributed by atoms with Crippen LogP contribution in [-0.2, 0) is 23.6 Å². The van der Waals surface area contributed by atoms with Crippen molar-refractivity contribution in [3.8, 4) is 0 Å². The number of fused-ring (bicyclic) bond motifs is 2. The summed E-state index contributed by atoms with van der Waals surface area (Å²) in [5, 5.41) is 0. The first-order chi connectivity index (χ1) is 16.7. The minimum Gasteiger partial charge on any atom is -0.363 e. The highest BCUT2D eigenvalue weighted by Crippen LogP contribution is 2.32. The van der Waals surface area contributed by atoms with Crippen molar-refractivity contribution in [2.45, 2.75) is 44.6 Å². The number of aromatic nitrogens is 5. The molecule has 1 fully saturated rings. The van der Waals surface area contributed by atoms with Crippen LogP contribution in [0.2, 0.25) is 0 Å². The first kappa shape index (κ1) is 23.6. The van der Waals surface area contributed by atoms with Crippen molar-refractivity contribution in [2.75, 3.05) is 24.2 Å². The predicted octanol–water partition coefficient (Wildman–Crippen LogP) is 2.51. The maximum absolute atomic E-state index is 12.8. The van der Waals surface area contributed by atoms with E-state index in [1.165, 1.54) is 5.56 Å². The van der Waals surface area contributed by atoms with Gasteiger partial charge in [0.05, 0.1) is 34.4 Å². The summed E-state index contributed by atoms with van der Waals surface area (Å²) >= 11 is 0. The van der Waals surface area contributed by atoms with E-state index in [1.807, 2.05) is 12.3 Å². The lowest BCUT2D eigenvalue weighted by molar-refractivity contribution is 0.119. The standard InChI is InChI=1S/C25H31N7O2S/c1-16-13-31(23-11-24(33)29(4)32-14-20(15-35(5)34)28-25(23)32)17(2)12-30(16)18(3)19-6-7-21-22(10-19)27-9-8-26-21/h6-11,14,16-18H,12-13,15H2,1-5H3/t16-,17+,18?,35?/m1/s1. The maximum atomic E-state index is 12.8. The van der Waals surface area contributed by atoms with Gasteiger partial charge in [0, 0.05) is 73.8 Å². The number of rotatable bonds is 5. The van der Waals surface area contributed by atoms with Gasteiger partial charge in [-0.1, -0.05) is 6.07 Å². The van der Waals surface area contributed by atoms with Crippen molar-refractivity contribution >= 4 is 33.2 Å². The molecule has 4 heterocycles. The second-order valence-electron chi connectivity index (χ2n) is 9.54. The van der Waals surface area contributed by atoms with E-state index in [0.717, 1.165) is 41.2 Å². The first-order valence-electron chi connectivity index (χ1n) is 11.8. The third kappa shape index (κ3) is 4.36. The zero-order valence-corrected chi connectivity index (χ0v) is 21.6. The highest BCUT2D eigenvalue weighted by Gasteiger charge is 2.34. The summed E-state index contributed by atoms with van der Waals surface area (Å²) in [6, 6.07) is 8.62. The fourth-order valence-corrected chi connectivity index (χ4v) is 5.71. The summed E-state index contributed by atoms with van der Waals surface area (Å²) in [7, 11) is 0.721. The van der Waals surface area contributed by atoms with Gasteiger partial charge in [-0.3, -0.25) is 23.9 Å². The molecule has 0 aliphatic carbocycles. The Kier molecular flexibility index (Phi) is 6.18. The van der Waals surface area contributed by atoms with Gasteiger partial charge in [0.1, 0.15) is 0 Å². The number of nitrogens with zero attached hydrogens (tertiary/aromatic N) is 7. The van der Waals surface area contributed by atoms with Gasteiger partial charge in [0.15, 0.2) is 5.65 Å². The number of hydrogen-bond acceptors (Lipinski definition) is 7. The molecule has 1 aliphatic rings. The molecular formula is C25H31N7O2S. The average Bonchev–Trinajstić information content (AvgIpc) is 3.25. The molecule has 35 heavy (non-hydrogen) atoms. The van der Waals surface area contributed by atoms with Crippen LogP contribution in [0.1, 0.15) is 38.1 Å². The molecule has 2 unspecified atom stereocenters. The molecule has 3 aromatic heterocycles. The Labute approximate surface area is 206 Å². The van der Waals surface area contributed by atoms with Gasteiger partial charge in [-0.05, 0) is 38.5 Å². The number of anilines is 1. The summed E-state index contributed by atoms with van der Waals surface area (Å²) < 4.78 is 15.1. The summed E-state index contributed by atoms with van der Waals surface area (Å²) in [5.74, 6) is 0.364. The zero-order valence-electron chi connectivity index (χ0n) is 20.8. The molecule has 0 saturated carbocycles. The molecule has 0 spiro atoms. The molecule has 4 atom stereocenters. The molecule has 0 radical (unpaired) electrons. The van der Waals surface area contributed by atoms with Crippen molar-refractivity contribution in [3.05, 3.63) is 64.5 Å². The van der Waals surface area contributed by atoms with E-state index in [0.29, 0.717) is 5.75 Å². The largest absolute Gasteiger partial charge is 0.363 e. The van der Waals surface area contributed by atoms with Crippen molar-refractivity contribution in [3.63, 3.8) is 0 Å². The van der Waals surface area contributed by atoms with Crippen molar-refractivity contribution in [2.24, 2.45) is 7.05 Å². The summed E-state index contributed by atoms with van der Waals surface area (Å²) in [6.07, 6.45) is 6.92. The van der Waals surface area contributed by atoms with Gasteiger partial charge in [-0.25, -0.2) is 14.2 Å². The van der Waals surface area contributed by atoms with Crippen LogP contribution in [0.15, 0.2) is 47.7 Å². The fraction of sp³-hybridized carbons (Fsp3) is 0.440. The van der Waals surface area contributed by atoms with Crippen LogP contribution < -0.4 is 10.5 Å². The fourth-order valence-electron chi connectivity index (χ4n) is 5.15. The van der Waals surface area contributed by atoms with Gasteiger partial charge in [0.25, 0.3) is 5.56 Å². The number of aryl methyl sites for hydroxylation is 1. The molecule has 0 N–H and O–H groups in total. The molecule has 0 amide bonds. The Bertz CT molecular complexity index is 1480. The molecule has 0 bridgehead atoms. The molecule has 5 rings (SSSR count). The summed E-state index contributed by atoms with van der Waals surface area (Å²) in [5.41, 5.74) is 5.20. The van der Waals surface area contributed by atoms with Crippen molar-refractivity contribution in [1.82, 2.24) is 29.0 Å². The topological polar surface area (TPSA) is 88.6 Å². The molecule has 9 nitrogen and oxygen atoms in total. The molecule has 184 valence electrons. The minimum atomic E-state index is -1.01. The van der Waals surface area contributed by atoms with Crippen molar-refractivity contribution in [1.29, 1.82) is 0 Å². The van der Waals surface area contributed by atoms with Gasteiger partial charge < -0.3 is 4.90 Å². The lowest BCUT2D eigenvalue weighted by Crippen LogP contribution is -2.57. The number of piperazine rings is 1. The van der Waals surface area contributed by atoms with E-state index in [4.69, 9.17) is 4.98 Å². The highest BCUT2D eigenvalue weighted by atomic mass is 32.2. The quantitative estimate of drug-likeness (QED) is 0.422. The Morgan fingerprint density at radius 1 is 1.09 bits per heavy atom. The van der Waals surface area contributed by atoms with Crippen LogP contribution in [0.3, 0.4) is 0 Å². The second-order valence-corrected chi connectivity index (χ2v) is 11.0. The van der Waals surface area contributed by atoms with Crippen LogP contribution in [0.5, 0.6) is 0 Å². The second kappa shape index (κ2) is 9.16. The predicted molar refractivity (Wildman–Crippen MR) is 139 cm³/mol. The molecule has 1 saturated heterocycles. The third-order valence-corrected chi connectivity index (χ3v) is 7.74. The molecule has 1 aromatic carbocycles. The Balaban J connectivity index is 1.45. The molecule has 1 aliphatic heterocycles. The summed E-state index contributed by atoms with van der Waals surface area (Å²) in [6.45, 7) is 8.26. The molecule has 10 heteroatoms. The molecule has 4 aromatic rings. The average molecular weight is 494 g/mol. The van der Waals surface area contributed by atoms with E-state index >= 15 is 0 Å². The van der Waals surface area contributed by atoms with Crippen molar-refractivity contribution < 1.29 is 4.21 Å². The van der Waals surface area contributed by atoms with Crippen LogP contribution in [0.25, 0.3) is 16.7 Å². The maximum Gasteiger partial charge on any atom is 0.267 e. The Morgan fingerprint density at radius 3 is 2.57 bits per heavy atom. The highest BCUT2D eigenvalue weighted by molar-refractivity contribution is 7.83. The molecular weight excluding hydrogens is 462 g/mol.